The summed E-state index contributed by atoms with van der Waals surface area (Å²) >= 11 is 0. The first kappa shape index (κ1) is 18.8. The van der Waals surface area contributed by atoms with E-state index in [1.54, 1.807) is 0 Å². The molecule has 0 saturated heterocycles. The standard InChI is InChI=1S/C17H12F5N3O2/c18-11-5-6-12(14(20)7-11)16(26,8-25-10-23-9-24-25)17(21,22)27-15-4-2-1-3-13(15)19/h1-7,9-10,26H,8H2. The largest absolute Gasteiger partial charge is 0.433 e. The molecule has 0 amide bonds. The van der Waals surface area contributed by atoms with Gasteiger partial charge in [0.05, 0.1) is 6.54 Å². The molecule has 1 aromatic heterocycles. The molecule has 10 heteroatoms. The van der Waals surface area contributed by atoms with Gasteiger partial charge in [0.1, 0.15) is 24.3 Å². The van der Waals surface area contributed by atoms with Gasteiger partial charge in [0.15, 0.2) is 11.6 Å². The van der Waals surface area contributed by atoms with Gasteiger partial charge in [-0.2, -0.15) is 13.9 Å². The quantitative estimate of drug-likeness (QED) is 0.662. The summed E-state index contributed by atoms with van der Waals surface area (Å²) in [4.78, 5) is 3.56. The minimum Gasteiger partial charge on any atom is -0.427 e. The van der Waals surface area contributed by atoms with Crippen molar-refractivity contribution in [1.29, 1.82) is 0 Å². The van der Waals surface area contributed by atoms with Crippen LogP contribution in [0.4, 0.5) is 22.0 Å². The highest BCUT2D eigenvalue weighted by Crippen LogP contribution is 2.42. The van der Waals surface area contributed by atoms with E-state index in [1.165, 1.54) is 12.1 Å². The van der Waals surface area contributed by atoms with Crippen LogP contribution in [-0.4, -0.2) is 26.0 Å². The Labute approximate surface area is 149 Å². The van der Waals surface area contributed by atoms with Crippen molar-refractivity contribution in [3.05, 3.63) is 78.1 Å². The molecule has 0 saturated carbocycles. The van der Waals surface area contributed by atoms with Gasteiger partial charge in [0.2, 0.25) is 5.60 Å². The maximum Gasteiger partial charge on any atom is 0.433 e. The van der Waals surface area contributed by atoms with Crippen molar-refractivity contribution in [2.75, 3.05) is 0 Å². The molecule has 1 unspecified atom stereocenters. The predicted octanol–water partition coefficient (Wildman–Crippen LogP) is 3.26. The molecule has 27 heavy (non-hydrogen) atoms. The second kappa shape index (κ2) is 6.95. The molecule has 0 aliphatic heterocycles. The predicted molar refractivity (Wildman–Crippen MR) is 82.3 cm³/mol. The Morgan fingerprint density at radius 3 is 2.41 bits per heavy atom. The molecule has 0 spiro atoms. The van der Waals surface area contributed by atoms with Crippen LogP contribution in [0.5, 0.6) is 5.75 Å². The van der Waals surface area contributed by atoms with Crippen LogP contribution in [0.1, 0.15) is 5.56 Å². The van der Waals surface area contributed by atoms with Crippen LogP contribution in [-0.2, 0) is 12.1 Å². The van der Waals surface area contributed by atoms with Crippen molar-refractivity contribution in [3.63, 3.8) is 0 Å². The molecule has 1 heterocycles. The zero-order chi connectivity index (χ0) is 19.7. The number of hydrogen-bond donors (Lipinski definition) is 1. The maximum atomic E-state index is 14.9. The molecule has 0 aliphatic carbocycles. The SMILES string of the molecule is OC(Cn1cncn1)(c1ccc(F)cc1F)C(F)(F)Oc1ccccc1F. The molecule has 3 rings (SSSR count). The first-order valence-electron chi connectivity index (χ1n) is 7.54. The molecule has 142 valence electrons. The van der Waals surface area contributed by atoms with Crippen LogP contribution in [0.3, 0.4) is 0 Å². The van der Waals surface area contributed by atoms with Crippen molar-refractivity contribution in [3.8, 4) is 5.75 Å². The van der Waals surface area contributed by atoms with E-state index in [9.17, 15) is 27.1 Å². The summed E-state index contributed by atoms with van der Waals surface area (Å²) in [5.41, 5.74) is -4.32. The Morgan fingerprint density at radius 2 is 1.78 bits per heavy atom. The Bertz CT molecular complexity index is 936. The Balaban J connectivity index is 2.09. The zero-order valence-electron chi connectivity index (χ0n) is 13.5. The molecule has 1 N–H and O–H groups in total. The van der Waals surface area contributed by atoms with Crippen molar-refractivity contribution in [2.45, 2.75) is 18.3 Å². The van der Waals surface area contributed by atoms with Gasteiger partial charge >= 0.3 is 6.11 Å². The van der Waals surface area contributed by atoms with Crippen LogP contribution in [0.15, 0.2) is 55.1 Å². The summed E-state index contributed by atoms with van der Waals surface area (Å²) in [5.74, 6) is -4.44. The van der Waals surface area contributed by atoms with Crippen LogP contribution in [0.25, 0.3) is 0 Å². The maximum absolute atomic E-state index is 14.9. The van der Waals surface area contributed by atoms with Gasteiger partial charge < -0.3 is 9.84 Å². The topological polar surface area (TPSA) is 60.2 Å². The molecule has 0 aliphatic rings. The lowest BCUT2D eigenvalue weighted by molar-refractivity contribution is -0.302. The first-order valence-corrected chi connectivity index (χ1v) is 7.54. The molecular weight excluding hydrogens is 373 g/mol. The second-order valence-electron chi connectivity index (χ2n) is 5.63. The van der Waals surface area contributed by atoms with Crippen LogP contribution >= 0.6 is 0 Å². The molecule has 3 aromatic rings. The molecule has 0 bridgehead atoms. The Morgan fingerprint density at radius 1 is 1.04 bits per heavy atom. The minimum absolute atomic E-state index is 0.334. The van der Waals surface area contributed by atoms with Gasteiger partial charge in [-0.25, -0.2) is 22.8 Å². The van der Waals surface area contributed by atoms with Gasteiger partial charge in [-0.3, -0.25) is 0 Å². The summed E-state index contributed by atoms with van der Waals surface area (Å²) in [7, 11) is 0. The van der Waals surface area contributed by atoms with E-state index < -0.39 is 47.0 Å². The number of alkyl halides is 2. The average Bonchev–Trinajstić information content (AvgIpc) is 3.09. The lowest BCUT2D eigenvalue weighted by atomic mass is 9.91. The second-order valence-corrected chi connectivity index (χ2v) is 5.63. The van der Waals surface area contributed by atoms with Crippen molar-refractivity contribution < 1.29 is 31.8 Å². The van der Waals surface area contributed by atoms with Gasteiger partial charge in [-0.05, 0) is 24.3 Å². The fourth-order valence-electron chi connectivity index (χ4n) is 2.46. The number of ether oxygens (including phenoxy) is 1. The number of para-hydroxylation sites is 1. The zero-order valence-corrected chi connectivity index (χ0v) is 13.5. The lowest BCUT2D eigenvalue weighted by Crippen LogP contribution is -2.53. The number of halogens is 5. The third kappa shape index (κ3) is 3.61. The van der Waals surface area contributed by atoms with Crippen LogP contribution in [0, 0.1) is 17.5 Å². The molecule has 0 radical (unpaired) electrons. The smallest absolute Gasteiger partial charge is 0.427 e. The molecule has 0 fully saturated rings. The number of aromatic nitrogens is 3. The number of benzene rings is 2. The van der Waals surface area contributed by atoms with E-state index in [1.807, 2.05) is 0 Å². The fraction of sp³-hybridized carbons (Fsp3) is 0.176. The Kier molecular flexibility index (Phi) is 4.83. The summed E-state index contributed by atoms with van der Waals surface area (Å²) < 4.78 is 76.2. The molecule has 2 aromatic carbocycles. The van der Waals surface area contributed by atoms with E-state index in [4.69, 9.17) is 0 Å². The number of aliphatic hydroxyl groups is 1. The fourth-order valence-corrected chi connectivity index (χ4v) is 2.46. The van der Waals surface area contributed by atoms with E-state index in [0.717, 1.165) is 29.5 Å². The summed E-state index contributed by atoms with van der Waals surface area (Å²) in [5, 5.41) is 14.4. The highest BCUT2D eigenvalue weighted by atomic mass is 19.3. The number of nitrogens with zero attached hydrogens (tertiary/aromatic N) is 3. The van der Waals surface area contributed by atoms with Gasteiger partial charge in [-0.15, -0.1) is 0 Å². The third-order valence-electron chi connectivity index (χ3n) is 3.79. The number of hydrogen-bond acceptors (Lipinski definition) is 4. The minimum atomic E-state index is -4.53. The monoisotopic (exact) mass is 385 g/mol. The first-order chi connectivity index (χ1) is 12.7. The van der Waals surface area contributed by atoms with Crippen LogP contribution < -0.4 is 4.74 Å². The average molecular weight is 385 g/mol. The highest BCUT2D eigenvalue weighted by molar-refractivity contribution is 5.29. The summed E-state index contributed by atoms with van der Waals surface area (Å²) in [6.45, 7) is -1.00. The van der Waals surface area contributed by atoms with Crippen molar-refractivity contribution in [2.24, 2.45) is 0 Å². The normalized spacial score (nSPS) is 14.0. The van der Waals surface area contributed by atoms with E-state index in [-0.39, 0.29) is 0 Å². The molecule has 1 atom stereocenters. The highest BCUT2D eigenvalue weighted by Gasteiger charge is 2.59. The molecule has 5 nitrogen and oxygen atoms in total. The number of rotatable bonds is 6. The lowest BCUT2D eigenvalue weighted by Gasteiger charge is -2.35. The summed E-state index contributed by atoms with van der Waals surface area (Å²) in [6.07, 6.45) is -2.51. The van der Waals surface area contributed by atoms with Gasteiger partial charge in [-0.1, -0.05) is 12.1 Å². The molecular formula is C17H12F5N3O2. The van der Waals surface area contributed by atoms with Gasteiger partial charge in [0, 0.05) is 11.6 Å². The van der Waals surface area contributed by atoms with E-state index >= 15 is 0 Å². The van der Waals surface area contributed by atoms with E-state index in [2.05, 4.69) is 14.8 Å². The van der Waals surface area contributed by atoms with E-state index in [0.29, 0.717) is 18.2 Å². The van der Waals surface area contributed by atoms with Crippen molar-refractivity contribution >= 4 is 0 Å². The summed E-state index contributed by atoms with van der Waals surface area (Å²) in [6, 6.07) is 5.97. The van der Waals surface area contributed by atoms with Crippen LogP contribution in [0.2, 0.25) is 0 Å². The van der Waals surface area contributed by atoms with Crippen molar-refractivity contribution in [1.82, 2.24) is 14.8 Å². The Hall–Kier alpha value is -3.01. The third-order valence-corrected chi connectivity index (χ3v) is 3.79. The van der Waals surface area contributed by atoms with Gasteiger partial charge in [0.25, 0.3) is 0 Å².